The number of hydrogen-bond donors (Lipinski definition) is 1. The van der Waals surface area contributed by atoms with Gasteiger partial charge in [-0.15, -0.1) is 30.6 Å². The fourth-order valence-corrected chi connectivity index (χ4v) is 2.70. The summed E-state index contributed by atoms with van der Waals surface area (Å²) in [4.78, 5) is 6.41. The Morgan fingerprint density at radius 2 is 2.17 bits per heavy atom. The van der Waals surface area contributed by atoms with E-state index < -0.39 is 0 Å². The van der Waals surface area contributed by atoms with Crippen LogP contribution in [0.3, 0.4) is 0 Å². The average molecular weight is 466 g/mol. The van der Waals surface area contributed by atoms with E-state index in [0.29, 0.717) is 36.3 Å². The maximum absolute atomic E-state index is 6.26. The Morgan fingerprint density at radius 1 is 1.42 bits per heavy atom. The molecule has 0 saturated heterocycles. The summed E-state index contributed by atoms with van der Waals surface area (Å²) in [7, 11) is 3.80. The molecule has 1 heterocycles. The van der Waals surface area contributed by atoms with Crippen molar-refractivity contribution in [2.24, 2.45) is 4.99 Å². The molecule has 5 nitrogen and oxygen atoms in total. The summed E-state index contributed by atoms with van der Waals surface area (Å²) in [6, 6.07) is 3.85. The van der Waals surface area contributed by atoms with Gasteiger partial charge >= 0.3 is 0 Å². The number of ether oxygens (including phenoxy) is 2. The number of nitrogens with one attached hydrogen (secondary N) is 1. The van der Waals surface area contributed by atoms with E-state index in [-0.39, 0.29) is 24.0 Å². The zero-order valence-electron chi connectivity index (χ0n) is 14.2. The molecule has 0 fully saturated rings. The second-order valence-corrected chi connectivity index (χ2v) is 5.76. The number of fused-ring (bicyclic) bond motifs is 1. The first-order chi connectivity index (χ1) is 11.2. The summed E-state index contributed by atoms with van der Waals surface area (Å²) in [5.41, 5.74) is 1.03. The number of guanidine groups is 1. The third kappa shape index (κ3) is 5.73. The number of allylic oxidation sites excluding steroid dienone is 1. The van der Waals surface area contributed by atoms with Crippen LogP contribution in [0.4, 0.5) is 0 Å². The summed E-state index contributed by atoms with van der Waals surface area (Å²) in [6.45, 7) is 6.37. The molecule has 134 valence electrons. The van der Waals surface area contributed by atoms with Gasteiger partial charge in [0.15, 0.2) is 17.5 Å². The van der Waals surface area contributed by atoms with Crippen LogP contribution in [0.5, 0.6) is 11.5 Å². The lowest BCUT2D eigenvalue weighted by Crippen LogP contribution is -2.39. The van der Waals surface area contributed by atoms with Crippen LogP contribution >= 0.6 is 35.6 Å². The van der Waals surface area contributed by atoms with Crippen molar-refractivity contribution in [2.75, 3.05) is 33.9 Å². The molecule has 1 aliphatic rings. The van der Waals surface area contributed by atoms with Gasteiger partial charge in [0, 0.05) is 27.2 Å². The fourth-order valence-electron chi connectivity index (χ4n) is 2.41. The summed E-state index contributed by atoms with van der Waals surface area (Å²) < 4.78 is 11.1. The molecule has 0 aromatic heterocycles. The van der Waals surface area contributed by atoms with Crippen LogP contribution in [-0.4, -0.2) is 44.7 Å². The van der Waals surface area contributed by atoms with Gasteiger partial charge in [-0.1, -0.05) is 17.7 Å². The van der Waals surface area contributed by atoms with Crippen LogP contribution in [0.15, 0.2) is 29.8 Å². The molecule has 1 aromatic rings. The van der Waals surface area contributed by atoms with E-state index >= 15 is 0 Å². The smallest absolute Gasteiger partial charge is 0.193 e. The highest BCUT2D eigenvalue weighted by Gasteiger charge is 2.16. The summed E-state index contributed by atoms with van der Waals surface area (Å²) >= 11 is 6.26. The minimum atomic E-state index is 0. The van der Waals surface area contributed by atoms with Gasteiger partial charge in [-0.2, -0.15) is 0 Å². The highest BCUT2D eigenvalue weighted by Crippen LogP contribution is 2.38. The van der Waals surface area contributed by atoms with Crippen molar-refractivity contribution >= 4 is 41.5 Å². The molecule has 0 unspecified atom stereocenters. The van der Waals surface area contributed by atoms with E-state index in [1.807, 2.05) is 25.3 Å². The van der Waals surface area contributed by atoms with Crippen LogP contribution in [0.2, 0.25) is 5.02 Å². The summed E-state index contributed by atoms with van der Waals surface area (Å²) in [6.07, 6.45) is 3.98. The number of unbranched alkanes of at least 4 members (excludes halogenated alkanes) is 1. The van der Waals surface area contributed by atoms with Gasteiger partial charge in [0.25, 0.3) is 0 Å². The number of nitrogens with zero attached hydrogens (tertiary/aromatic N) is 2. The Morgan fingerprint density at radius 3 is 2.88 bits per heavy atom. The van der Waals surface area contributed by atoms with Crippen LogP contribution in [0.1, 0.15) is 18.4 Å². The first kappa shape index (κ1) is 20.9. The summed E-state index contributed by atoms with van der Waals surface area (Å²) in [5.74, 6) is 2.18. The molecule has 24 heavy (non-hydrogen) atoms. The number of halogens is 2. The van der Waals surface area contributed by atoms with Crippen molar-refractivity contribution < 1.29 is 9.47 Å². The molecule has 0 bridgehead atoms. The van der Waals surface area contributed by atoms with Crippen LogP contribution in [0, 0.1) is 0 Å². The van der Waals surface area contributed by atoms with E-state index in [1.165, 1.54) is 0 Å². The average Bonchev–Trinajstić information content (AvgIpc) is 2.56. The lowest BCUT2D eigenvalue weighted by molar-refractivity contribution is 0.171. The number of hydrogen-bond acceptors (Lipinski definition) is 3. The zero-order valence-corrected chi connectivity index (χ0v) is 17.3. The molecule has 7 heteroatoms. The molecule has 0 saturated carbocycles. The van der Waals surface area contributed by atoms with Crippen LogP contribution in [0.25, 0.3) is 0 Å². The normalized spacial score (nSPS) is 13.0. The largest absolute Gasteiger partial charge is 0.486 e. The van der Waals surface area contributed by atoms with Crippen molar-refractivity contribution in [3.8, 4) is 11.5 Å². The van der Waals surface area contributed by atoms with Gasteiger partial charge in [0.1, 0.15) is 13.2 Å². The first-order valence-corrected chi connectivity index (χ1v) is 8.14. The minimum absolute atomic E-state index is 0. The Kier molecular flexibility index (Phi) is 9.28. The van der Waals surface area contributed by atoms with Crippen molar-refractivity contribution in [3.05, 3.63) is 35.4 Å². The second-order valence-electron chi connectivity index (χ2n) is 5.36. The minimum Gasteiger partial charge on any atom is -0.486 e. The van der Waals surface area contributed by atoms with Gasteiger partial charge < -0.3 is 19.7 Å². The van der Waals surface area contributed by atoms with Crippen molar-refractivity contribution in [1.82, 2.24) is 10.2 Å². The van der Waals surface area contributed by atoms with E-state index in [1.54, 1.807) is 7.05 Å². The van der Waals surface area contributed by atoms with Crippen molar-refractivity contribution in [3.63, 3.8) is 0 Å². The maximum Gasteiger partial charge on any atom is 0.193 e. The number of rotatable bonds is 6. The standard InChI is InChI=1S/C17H24ClN3O2.HI/c1-4-5-6-7-21(3)17(19-2)20-12-13-10-14(18)16-15(11-13)22-8-9-23-16;/h4,10-11H,1,5-9,12H2,2-3H3,(H,19,20);1H. The molecular weight excluding hydrogens is 441 g/mol. The molecule has 1 aromatic carbocycles. The molecular formula is C17H25ClIN3O2. The Bertz CT molecular complexity index is 581. The monoisotopic (exact) mass is 465 g/mol. The fraction of sp³-hybridized carbons (Fsp3) is 0.471. The van der Waals surface area contributed by atoms with Crippen LogP contribution in [-0.2, 0) is 6.54 Å². The van der Waals surface area contributed by atoms with Gasteiger partial charge in [-0.3, -0.25) is 4.99 Å². The molecule has 0 amide bonds. The number of aliphatic imine (C=N–C) groups is 1. The molecule has 0 radical (unpaired) electrons. The van der Waals surface area contributed by atoms with Gasteiger partial charge in [-0.25, -0.2) is 0 Å². The van der Waals surface area contributed by atoms with Gasteiger partial charge in [-0.05, 0) is 30.5 Å². The zero-order chi connectivity index (χ0) is 16.7. The number of benzene rings is 1. The molecule has 2 rings (SSSR count). The van der Waals surface area contributed by atoms with Crippen molar-refractivity contribution in [2.45, 2.75) is 19.4 Å². The highest BCUT2D eigenvalue weighted by atomic mass is 127. The predicted octanol–water partition coefficient (Wildman–Crippen LogP) is 3.70. The molecule has 0 aliphatic carbocycles. The molecule has 0 spiro atoms. The SMILES string of the molecule is C=CCCCN(C)C(=NC)NCc1cc(Cl)c2c(c1)OCCO2.I. The van der Waals surface area contributed by atoms with E-state index in [4.69, 9.17) is 21.1 Å². The van der Waals surface area contributed by atoms with Crippen LogP contribution < -0.4 is 14.8 Å². The lowest BCUT2D eigenvalue weighted by Gasteiger charge is -2.23. The predicted molar refractivity (Wildman–Crippen MR) is 110 cm³/mol. The van der Waals surface area contributed by atoms with E-state index in [2.05, 4.69) is 21.8 Å². The third-order valence-corrected chi connectivity index (χ3v) is 3.86. The van der Waals surface area contributed by atoms with E-state index in [9.17, 15) is 0 Å². The molecule has 0 atom stereocenters. The lowest BCUT2D eigenvalue weighted by atomic mass is 10.2. The Labute approximate surface area is 166 Å². The molecule has 1 N–H and O–H groups in total. The molecule has 1 aliphatic heterocycles. The Balaban J connectivity index is 0.00000288. The third-order valence-electron chi connectivity index (χ3n) is 3.58. The van der Waals surface area contributed by atoms with Gasteiger partial charge in [0.05, 0.1) is 5.02 Å². The van der Waals surface area contributed by atoms with Gasteiger partial charge in [0.2, 0.25) is 0 Å². The summed E-state index contributed by atoms with van der Waals surface area (Å²) in [5, 5.41) is 3.92. The van der Waals surface area contributed by atoms with Crippen molar-refractivity contribution in [1.29, 1.82) is 0 Å². The first-order valence-electron chi connectivity index (χ1n) is 7.76. The highest BCUT2D eigenvalue weighted by molar-refractivity contribution is 14.0. The maximum atomic E-state index is 6.26. The topological polar surface area (TPSA) is 46.1 Å². The van der Waals surface area contributed by atoms with E-state index in [0.717, 1.165) is 30.9 Å². The quantitative estimate of drug-likeness (QED) is 0.229. The Hall–Kier alpha value is -1.15. The second kappa shape index (κ2) is 10.7.